The van der Waals surface area contributed by atoms with Crippen molar-refractivity contribution < 1.29 is 19.4 Å². The fourth-order valence-corrected chi connectivity index (χ4v) is 4.14. The molecule has 1 heterocycles. The Balaban J connectivity index is 1.98. The number of carboxylic acid groups (broad SMARTS) is 1. The van der Waals surface area contributed by atoms with E-state index >= 15 is 0 Å². The van der Waals surface area contributed by atoms with E-state index in [0.717, 1.165) is 36.1 Å². The Labute approximate surface area is 149 Å². The highest BCUT2D eigenvalue weighted by Gasteiger charge is 2.44. The summed E-state index contributed by atoms with van der Waals surface area (Å²) in [6.07, 6.45) is 4.62. The Bertz CT molecular complexity index is 683. The molecule has 1 N–H and O–H groups in total. The smallest absolute Gasteiger partial charge is 0.414 e. The molecular formula is C20H27NO4. The molecule has 1 saturated carbocycles. The van der Waals surface area contributed by atoms with Gasteiger partial charge < -0.3 is 9.84 Å². The highest BCUT2D eigenvalue weighted by molar-refractivity contribution is 5.92. The lowest BCUT2D eigenvalue weighted by molar-refractivity contribution is -0.145. The predicted molar refractivity (Wildman–Crippen MR) is 96.1 cm³/mol. The molecule has 5 heteroatoms. The maximum absolute atomic E-state index is 12.5. The van der Waals surface area contributed by atoms with Gasteiger partial charge in [0.1, 0.15) is 5.60 Å². The number of carbonyl (C=O) groups excluding carboxylic acids is 1. The van der Waals surface area contributed by atoms with Crippen LogP contribution in [0.1, 0.15) is 64.0 Å². The molecule has 0 saturated heterocycles. The van der Waals surface area contributed by atoms with E-state index in [4.69, 9.17) is 4.74 Å². The summed E-state index contributed by atoms with van der Waals surface area (Å²) in [5.41, 5.74) is 1.33. The van der Waals surface area contributed by atoms with Gasteiger partial charge in [-0.1, -0.05) is 31.4 Å². The summed E-state index contributed by atoms with van der Waals surface area (Å²) in [4.78, 5) is 26.3. The van der Waals surface area contributed by atoms with Crippen molar-refractivity contribution in [2.75, 3.05) is 11.4 Å². The maximum atomic E-state index is 12.5. The van der Waals surface area contributed by atoms with Gasteiger partial charge in [0, 0.05) is 6.54 Å². The number of fused-ring (bicyclic) bond motifs is 1. The average Bonchev–Trinajstić information content (AvgIpc) is 2.97. The maximum Gasteiger partial charge on any atom is 0.414 e. The predicted octanol–water partition coefficient (Wildman–Crippen LogP) is 4.27. The van der Waals surface area contributed by atoms with E-state index in [9.17, 15) is 14.7 Å². The minimum absolute atomic E-state index is 0.364. The fourth-order valence-electron chi connectivity index (χ4n) is 4.14. The number of hydrogen-bond acceptors (Lipinski definition) is 3. The molecule has 0 radical (unpaired) electrons. The molecule has 2 aliphatic rings. The molecule has 1 aliphatic carbocycles. The number of nitrogens with zero attached hydrogens (tertiary/aromatic N) is 1. The molecule has 0 atom stereocenters. The van der Waals surface area contributed by atoms with Crippen molar-refractivity contribution in [2.24, 2.45) is 0 Å². The van der Waals surface area contributed by atoms with Crippen LogP contribution in [-0.2, 0) is 21.4 Å². The van der Waals surface area contributed by atoms with Crippen LogP contribution in [0, 0.1) is 0 Å². The average molecular weight is 345 g/mol. The minimum atomic E-state index is -0.812. The van der Waals surface area contributed by atoms with Crippen molar-refractivity contribution in [2.45, 2.75) is 70.3 Å². The zero-order valence-corrected chi connectivity index (χ0v) is 15.3. The number of benzene rings is 1. The van der Waals surface area contributed by atoms with E-state index in [1.165, 1.54) is 0 Å². The van der Waals surface area contributed by atoms with Crippen molar-refractivity contribution >= 4 is 17.7 Å². The van der Waals surface area contributed by atoms with Gasteiger partial charge in [0.05, 0.1) is 11.1 Å². The van der Waals surface area contributed by atoms with Crippen LogP contribution in [0.2, 0.25) is 0 Å². The summed E-state index contributed by atoms with van der Waals surface area (Å²) in [5, 5.41) is 10.00. The molecule has 1 amide bonds. The summed E-state index contributed by atoms with van der Waals surface area (Å²) in [6, 6.07) is 5.71. The molecule has 136 valence electrons. The van der Waals surface area contributed by atoms with Crippen molar-refractivity contribution in [1.82, 2.24) is 0 Å². The molecule has 5 nitrogen and oxygen atoms in total. The molecule has 0 spiro atoms. The summed E-state index contributed by atoms with van der Waals surface area (Å²) in [6.45, 7) is 6.08. The van der Waals surface area contributed by atoms with Gasteiger partial charge in [-0.3, -0.25) is 9.69 Å². The van der Waals surface area contributed by atoms with E-state index < -0.39 is 17.0 Å². The van der Waals surface area contributed by atoms with E-state index in [-0.39, 0.29) is 6.09 Å². The lowest BCUT2D eigenvalue weighted by atomic mass is 9.68. The first-order chi connectivity index (χ1) is 11.7. The Kier molecular flexibility index (Phi) is 4.52. The molecule has 0 aromatic heterocycles. The zero-order valence-electron chi connectivity index (χ0n) is 15.3. The van der Waals surface area contributed by atoms with Gasteiger partial charge in [-0.05, 0) is 57.2 Å². The van der Waals surface area contributed by atoms with Gasteiger partial charge in [-0.2, -0.15) is 0 Å². The standard InChI is InChI=1S/C20H27NO4/c1-19(2,3)25-18(24)21-13-10-14-15(8-7-9-16(14)21)20(17(22)23)11-5-4-6-12-20/h7-9H,4-6,10-13H2,1-3H3,(H,22,23). The van der Waals surface area contributed by atoms with Gasteiger partial charge in [0.2, 0.25) is 0 Å². The topological polar surface area (TPSA) is 66.8 Å². The fraction of sp³-hybridized carbons (Fsp3) is 0.600. The van der Waals surface area contributed by atoms with Gasteiger partial charge in [0.15, 0.2) is 0 Å². The number of amides is 1. The summed E-state index contributed by atoms with van der Waals surface area (Å²) in [7, 11) is 0. The Morgan fingerprint density at radius 1 is 1.16 bits per heavy atom. The van der Waals surface area contributed by atoms with Crippen molar-refractivity contribution in [3.8, 4) is 0 Å². The minimum Gasteiger partial charge on any atom is -0.481 e. The first kappa shape index (κ1) is 17.8. The molecule has 0 unspecified atom stereocenters. The summed E-state index contributed by atoms with van der Waals surface area (Å²) < 4.78 is 5.51. The first-order valence-electron chi connectivity index (χ1n) is 9.11. The van der Waals surface area contributed by atoms with Crippen LogP contribution in [0.5, 0.6) is 0 Å². The monoisotopic (exact) mass is 345 g/mol. The number of aliphatic carboxylic acids is 1. The van der Waals surface area contributed by atoms with Crippen LogP contribution in [0.4, 0.5) is 10.5 Å². The van der Waals surface area contributed by atoms with Crippen molar-refractivity contribution in [3.63, 3.8) is 0 Å². The molecule has 1 aromatic carbocycles. The van der Waals surface area contributed by atoms with Crippen molar-refractivity contribution in [1.29, 1.82) is 0 Å². The Morgan fingerprint density at radius 3 is 2.44 bits per heavy atom. The lowest BCUT2D eigenvalue weighted by Gasteiger charge is -2.35. The van der Waals surface area contributed by atoms with Crippen LogP contribution in [0.25, 0.3) is 0 Å². The second-order valence-electron chi connectivity index (χ2n) is 8.13. The van der Waals surface area contributed by atoms with Gasteiger partial charge in [-0.25, -0.2) is 4.79 Å². The van der Waals surface area contributed by atoms with Crippen LogP contribution >= 0.6 is 0 Å². The number of ether oxygens (including phenoxy) is 1. The third kappa shape index (κ3) is 3.24. The highest BCUT2D eigenvalue weighted by atomic mass is 16.6. The van der Waals surface area contributed by atoms with Gasteiger partial charge >= 0.3 is 12.1 Å². The Morgan fingerprint density at radius 2 is 1.84 bits per heavy atom. The van der Waals surface area contributed by atoms with Crippen LogP contribution < -0.4 is 4.90 Å². The Hall–Kier alpha value is -2.04. The second kappa shape index (κ2) is 6.36. The SMILES string of the molecule is CC(C)(C)OC(=O)N1CCc2c1cccc2C1(C(=O)O)CCCCC1. The van der Waals surface area contributed by atoms with Gasteiger partial charge in [0.25, 0.3) is 0 Å². The van der Waals surface area contributed by atoms with Crippen LogP contribution in [0.15, 0.2) is 18.2 Å². The molecule has 3 rings (SSSR count). The number of rotatable bonds is 2. The molecule has 1 aromatic rings. The molecule has 25 heavy (non-hydrogen) atoms. The second-order valence-corrected chi connectivity index (χ2v) is 8.13. The van der Waals surface area contributed by atoms with E-state index in [1.807, 2.05) is 39.0 Å². The lowest BCUT2D eigenvalue weighted by Crippen LogP contribution is -2.38. The summed E-state index contributed by atoms with van der Waals surface area (Å²) >= 11 is 0. The number of anilines is 1. The van der Waals surface area contributed by atoms with Crippen molar-refractivity contribution in [3.05, 3.63) is 29.3 Å². The molecular weight excluding hydrogens is 318 g/mol. The quantitative estimate of drug-likeness (QED) is 0.869. The largest absolute Gasteiger partial charge is 0.481 e. The van der Waals surface area contributed by atoms with Gasteiger partial charge in [-0.15, -0.1) is 0 Å². The third-order valence-corrected chi connectivity index (χ3v) is 5.27. The number of hydrogen-bond donors (Lipinski definition) is 1. The summed E-state index contributed by atoms with van der Waals surface area (Å²) in [5.74, 6) is -0.740. The molecule has 1 fully saturated rings. The van der Waals surface area contributed by atoms with E-state index in [0.29, 0.717) is 25.8 Å². The normalized spacial score (nSPS) is 19.4. The number of carbonyl (C=O) groups is 2. The zero-order chi connectivity index (χ0) is 18.2. The van der Waals surface area contributed by atoms with E-state index in [2.05, 4.69) is 0 Å². The third-order valence-electron chi connectivity index (χ3n) is 5.27. The van der Waals surface area contributed by atoms with E-state index in [1.54, 1.807) is 4.90 Å². The van der Waals surface area contributed by atoms with Crippen LogP contribution in [-0.4, -0.2) is 29.3 Å². The molecule has 1 aliphatic heterocycles. The van der Waals surface area contributed by atoms with Crippen LogP contribution in [0.3, 0.4) is 0 Å². The highest BCUT2D eigenvalue weighted by Crippen LogP contribution is 2.45. The first-order valence-corrected chi connectivity index (χ1v) is 9.11. The molecule has 0 bridgehead atoms. The number of carboxylic acids is 1.